The van der Waals surface area contributed by atoms with Gasteiger partial charge in [-0.1, -0.05) is 6.07 Å². The number of carboxylic acids is 1. The summed E-state index contributed by atoms with van der Waals surface area (Å²) in [6, 6.07) is 4.82. The zero-order valence-electron chi connectivity index (χ0n) is 11.1. The summed E-state index contributed by atoms with van der Waals surface area (Å²) in [5.74, 6) is -1.54. The Hall–Kier alpha value is -2.11. The molecule has 5 nitrogen and oxygen atoms in total. The third-order valence-electron chi connectivity index (χ3n) is 2.66. The quantitative estimate of drug-likeness (QED) is 0.910. The van der Waals surface area contributed by atoms with Crippen molar-refractivity contribution in [2.24, 2.45) is 0 Å². The van der Waals surface area contributed by atoms with Crippen LogP contribution in [-0.2, 0) is 4.79 Å². The van der Waals surface area contributed by atoms with Gasteiger partial charge in [0.15, 0.2) is 0 Å². The molecular weight excluding hydrogens is 251 g/mol. The highest BCUT2D eigenvalue weighted by atomic mass is 19.1. The van der Waals surface area contributed by atoms with Crippen LogP contribution in [0.4, 0.5) is 14.9 Å². The van der Waals surface area contributed by atoms with E-state index >= 15 is 0 Å². The molecule has 0 aliphatic heterocycles. The summed E-state index contributed by atoms with van der Waals surface area (Å²) >= 11 is 0. The van der Waals surface area contributed by atoms with E-state index in [-0.39, 0.29) is 6.04 Å². The molecule has 0 radical (unpaired) electrons. The largest absolute Gasteiger partial charge is 0.480 e. The number of benzene rings is 1. The second-order valence-corrected chi connectivity index (χ2v) is 4.44. The normalized spacial score (nSPS) is 10.4. The van der Waals surface area contributed by atoms with Gasteiger partial charge in [-0.3, -0.25) is 9.69 Å². The second kappa shape index (κ2) is 6.17. The Morgan fingerprint density at radius 3 is 2.47 bits per heavy atom. The molecule has 1 aromatic carbocycles. The summed E-state index contributed by atoms with van der Waals surface area (Å²) in [6.07, 6.45) is 0. The molecule has 0 unspecified atom stereocenters. The molecule has 0 atom stereocenters. The van der Waals surface area contributed by atoms with E-state index in [1.165, 1.54) is 35.0 Å². The van der Waals surface area contributed by atoms with Crippen LogP contribution in [-0.4, -0.2) is 41.6 Å². The van der Waals surface area contributed by atoms with E-state index in [0.29, 0.717) is 5.69 Å². The fourth-order valence-corrected chi connectivity index (χ4v) is 1.60. The van der Waals surface area contributed by atoms with Crippen LogP contribution < -0.4 is 4.90 Å². The van der Waals surface area contributed by atoms with Gasteiger partial charge in [0.1, 0.15) is 12.4 Å². The number of urea groups is 1. The Kier molecular flexibility index (Phi) is 4.86. The van der Waals surface area contributed by atoms with Crippen molar-refractivity contribution in [3.63, 3.8) is 0 Å². The Balaban J connectivity index is 2.93. The number of anilines is 1. The first-order valence-corrected chi connectivity index (χ1v) is 5.84. The lowest BCUT2D eigenvalue weighted by Gasteiger charge is -2.30. The molecule has 1 N–H and O–H groups in total. The van der Waals surface area contributed by atoms with Gasteiger partial charge in [-0.25, -0.2) is 9.18 Å². The van der Waals surface area contributed by atoms with Crippen molar-refractivity contribution >= 4 is 17.7 Å². The Labute approximate surface area is 111 Å². The fraction of sp³-hybridized carbons (Fsp3) is 0.385. The maximum absolute atomic E-state index is 13.1. The van der Waals surface area contributed by atoms with Crippen LogP contribution in [0.2, 0.25) is 0 Å². The van der Waals surface area contributed by atoms with Gasteiger partial charge in [0.2, 0.25) is 0 Å². The van der Waals surface area contributed by atoms with Gasteiger partial charge in [-0.05, 0) is 32.0 Å². The molecule has 0 fully saturated rings. The Morgan fingerprint density at radius 2 is 2.00 bits per heavy atom. The van der Waals surface area contributed by atoms with Crippen LogP contribution >= 0.6 is 0 Å². The van der Waals surface area contributed by atoms with E-state index in [9.17, 15) is 14.0 Å². The highest BCUT2D eigenvalue weighted by molar-refractivity contribution is 5.93. The predicted octanol–water partition coefficient (Wildman–Crippen LogP) is 2.18. The van der Waals surface area contributed by atoms with E-state index in [2.05, 4.69) is 0 Å². The number of nitrogens with zero attached hydrogens (tertiary/aromatic N) is 2. The first-order chi connectivity index (χ1) is 8.82. The molecule has 0 aliphatic rings. The SMILES string of the molecule is CC(C)N(CC(=O)O)C(=O)N(C)c1cccc(F)c1. The minimum absolute atomic E-state index is 0.264. The van der Waals surface area contributed by atoms with Crippen molar-refractivity contribution in [3.8, 4) is 0 Å². The van der Waals surface area contributed by atoms with Crippen molar-refractivity contribution in [3.05, 3.63) is 30.1 Å². The monoisotopic (exact) mass is 268 g/mol. The van der Waals surface area contributed by atoms with Crippen molar-refractivity contribution in [1.29, 1.82) is 0 Å². The van der Waals surface area contributed by atoms with E-state index in [1.54, 1.807) is 19.9 Å². The average molecular weight is 268 g/mol. The van der Waals surface area contributed by atoms with Crippen LogP contribution in [0, 0.1) is 5.82 Å². The number of hydrogen-bond acceptors (Lipinski definition) is 2. The topological polar surface area (TPSA) is 60.9 Å². The lowest BCUT2D eigenvalue weighted by Crippen LogP contribution is -2.47. The minimum Gasteiger partial charge on any atom is -0.480 e. The molecule has 19 heavy (non-hydrogen) atoms. The molecular formula is C13H17FN2O3. The van der Waals surface area contributed by atoms with Gasteiger partial charge >= 0.3 is 12.0 Å². The highest BCUT2D eigenvalue weighted by Gasteiger charge is 2.23. The second-order valence-electron chi connectivity index (χ2n) is 4.44. The summed E-state index contributed by atoms with van der Waals surface area (Å²) in [7, 11) is 1.48. The summed E-state index contributed by atoms with van der Waals surface area (Å²) in [5.41, 5.74) is 0.376. The molecule has 1 aromatic rings. The molecule has 1 rings (SSSR count). The van der Waals surface area contributed by atoms with Gasteiger partial charge < -0.3 is 10.0 Å². The average Bonchev–Trinajstić information content (AvgIpc) is 2.33. The van der Waals surface area contributed by atoms with Gasteiger partial charge in [0, 0.05) is 18.8 Å². The summed E-state index contributed by atoms with van der Waals surface area (Å²) in [6.45, 7) is 3.05. The van der Waals surface area contributed by atoms with Crippen LogP contribution in [0.15, 0.2) is 24.3 Å². The van der Waals surface area contributed by atoms with Crippen LogP contribution in [0.25, 0.3) is 0 Å². The van der Waals surface area contributed by atoms with E-state index in [0.717, 1.165) is 0 Å². The van der Waals surface area contributed by atoms with Crippen molar-refractivity contribution in [2.45, 2.75) is 19.9 Å². The van der Waals surface area contributed by atoms with Gasteiger partial charge in [-0.15, -0.1) is 0 Å². The number of amides is 2. The van der Waals surface area contributed by atoms with E-state index in [4.69, 9.17) is 5.11 Å². The molecule has 0 bridgehead atoms. The molecule has 0 aromatic heterocycles. The van der Waals surface area contributed by atoms with Gasteiger partial charge in [0.25, 0.3) is 0 Å². The molecule has 104 valence electrons. The molecule has 0 spiro atoms. The molecule has 2 amide bonds. The van der Waals surface area contributed by atoms with Crippen molar-refractivity contribution < 1.29 is 19.1 Å². The number of rotatable bonds is 4. The number of halogens is 1. The first-order valence-electron chi connectivity index (χ1n) is 5.84. The fourth-order valence-electron chi connectivity index (χ4n) is 1.60. The van der Waals surface area contributed by atoms with Gasteiger partial charge in [-0.2, -0.15) is 0 Å². The Bertz CT molecular complexity index is 477. The zero-order chi connectivity index (χ0) is 14.6. The maximum atomic E-state index is 13.1. The standard InChI is InChI=1S/C13H17FN2O3/c1-9(2)16(8-12(17)18)13(19)15(3)11-6-4-5-10(14)7-11/h4-7,9H,8H2,1-3H3,(H,17,18). The lowest BCUT2D eigenvalue weighted by molar-refractivity contribution is -0.137. The molecule has 0 aliphatic carbocycles. The Morgan fingerprint density at radius 1 is 1.37 bits per heavy atom. The zero-order valence-corrected chi connectivity index (χ0v) is 11.1. The van der Waals surface area contributed by atoms with E-state index in [1.807, 2.05) is 0 Å². The number of hydrogen-bond donors (Lipinski definition) is 1. The van der Waals surface area contributed by atoms with E-state index < -0.39 is 24.4 Å². The third kappa shape index (κ3) is 3.94. The smallest absolute Gasteiger partial charge is 0.324 e. The van der Waals surface area contributed by atoms with Gasteiger partial charge in [0.05, 0.1) is 0 Å². The predicted molar refractivity (Wildman–Crippen MR) is 69.7 cm³/mol. The summed E-state index contributed by atoms with van der Waals surface area (Å²) in [5, 5.41) is 8.81. The highest BCUT2D eigenvalue weighted by Crippen LogP contribution is 2.16. The van der Waals surface area contributed by atoms with Crippen LogP contribution in [0.3, 0.4) is 0 Å². The molecule has 0 saturated heterocycles. The molecule has 0 saturated carbocycles. The van der Waals surface area contributed by atoms with Crippen molar-refractivity contribution in [1.82, 2.24) is 4.90 Å². The first kappa shape index (κ1) is 14.9. The molecule has 0 heterocycles. The minimum atomic E-state index is -1.09. The summed E-state index contributed by atoms with van der Waals surface area (Å²) in [4.78, 5) is 25.4. The van der Waals surface area contributed by atoms with Crippen LogP contribution in [0.1, 0.15) is 13.8 Å². The lowest BCUT2D eigenvalue weighted by atomic mass is 10.3. The maximum Gasteiger partial charge on any atom is 0.324 e. The molecule has 6 heteroatoms. The number of carbonyl (C=O) groups excluding carboxylic acids is 1. The number of aliphatic carboxylic acids is 1. The van der Waals surface area contributed by atoms with Crippen LogP contribution in [0.5, 0.6) is 0 Å². The third-order valence-corrected chi connectivity index (χ3v) is 2.66. The van der Waals surface area contributed by atoms with Crippen molar-refractivity contribution in [2.75, 3.05) is 18.5 Å². The number of carbonyl (C=O) groups is 2. The summed E-state index contributed by atoms with van der Waals surface area (Å²) < 4.78 is 13.1. The number of carboxylic acid groups (broad SMARTS) is 1.